The van der Waals surface area contributed by atoms with Gasteiger partial charge in [0.2, 0.25) is 0 Å². The fourth-order valence-corrected chi connectivity index (χ4v) is 3.81. The van der Waals surface area contributed by atoms with Crippen LogP contribution in [0.2, 0.25) is 0 Å². The Bertz CT molecular complexity index is 817. The number of aromatic nitrogens is 1. The van der Waals surface area contributed by atoms with E-state index in [-0.39, 0.29) is 12.1 Å². The maximum absolute atomic E-state index is 12.4. The fourth-order valence-electron chi connectivity index (χ4n) is 3.81. The summed E-state index contributed by atoms with van der Waals surface area (Å²) in [4.78, 5) is 15.7. The molecule has 34 heavy (non-hydrogen) atoms. The van der Waals surface area contributed by atoms with Crippen LogP contribution in [-0.4, -0.2) is 68.5 Å². The smallest absolute Gasteiger partial charge is 0.407 e. The van der Waals surface area contributed by atoms with Gasteiger partial charge in [-0.3, -0.25) is 0 Å². The van der Waals surface area contributed by atoms with Crippen molar-refractivity contribution in [1.82, 2.24) is 26.3 Å². The summed E-state index contributed by atoms with van der Waals surface area (Å²) in [7, 11) is 0. The zero-order valence-electron chi connectivity index (χ0n) is 21.3. The van der Waals surface area contributed by atoms with Crippen molar-refractivity contribution in [1.29, 1.82) is 0 Å². The van der Waals surface area contributed by atoms with Crippen LogP contribution in [0.3, 0.4) is 0 Å². The molecule has 0 aliphatic rings. The molecule has 2 rings (SSSR count). The van der Waals surface area contributed by atoms with Crippen molar-refractivity contribution in [2.45, 2.75) is 64.5 Å². The Kier molecular flexibility index (Phi) is 13.0. The van der Waals surface area contributed by atoms with Crippen molar-refractivity contribution >= 4 is 17.0 Å². The average molecular weight is 475 g/mol. The van der Waals surface area contributed by atoms with E-state index >= 15 is 0 Å². The van der Waals surface area contributed by atoms with Gasteiger partial charge in [-0.1, -0.05) is 18.2 Å². The van der Waals surface area contributed by atoms with Crippen LogP contribution in [0, 0.1) is 0 Å². The molecule has 0 fully saturated rings. The van der Waals surface area contributed by atoms with Gasteiger partial charge >= 0.3 is 6.09 Å². The molecule has 0 aliphatic carbocycles. The van der Waals surface area contributed by atoms with Crippen molar-refractivity contribution in [3.05, 3.63) is 36.0 Å². The highest BCUT2D eigenvalue weighted by Crippen LogP contribution is 2.19. The predicted octanol–water partition coefficient (Wildman–Crippen LogP) is 2.89. The van der Waals surface area contributed by atoms with E-state index in [4.69, 9.17) is 10.5 Å². The third-order valence-corrected chi connectivity index (χ3v) is 5.47. The Labute approximate surface area is 205 Å². The van der Waals surface area contributed by atoms with E-state index in [1.54, 1.807) is 0 Å². The highest BCUT2D eigenvalue weighted by molar-refractivity contribution is 5.83. The number of carbonyl (C=O) groups is 1. The number of rotatable bonds is 17. The average Bonchev–Trinajstić information content (AvgIpc) is 3.18. The highest BCUT2D eigenvalue weighted by Gasteiger charge is 2.20. The Morgan fingerprint density at radius 1 is 0.971 bits per heavy atom. The van der Waals surface area contributed by atoms with Gasteiger partial charge in [0, 0.05) is 29.7 Å². The number of aromatic amines is 1. The number of benzene rings is 1. The number of hydrogen-bond acceptors (Lipinski definition) is 6. The molecule has 0 bridgehead atoms. The molecule has 2 aromatic rings. The largest absolute Gasteiger partial charge is 0.444 e. The second kappa shape index (κ2) is 15.7. The van der Waals surface area contributed by atoms with E-state index in [0.29, 0.717) is 6.54 Å². The molecular weight excluding hydrogens is 428 g/mol. The van der Waals surface area contributed by atoms with Gasteiger partial charge in [-0.2, -0.15) is 0 Å². The lowest BCUT2D eigenvalue weighted by molar-refractivity contribution is 0.0504. The molecule has 0 aliphatic heterocycles. The van der Waals surface area contributed by atoms with E-state index in [1.165, 1.54) is 23.8 Å². The van der Waals surface area contributed by atoms with E-state index in [9.17, 15) is 4.79 Å². The summed E-state index contributed by atoms with van der Waals surface area (Å²) in [6.45, 7) is 12.1. The second-order valence-electron chi connectivity index (χ2n) is 9.81. The zero-order valence-corrected chi connectivity index (χ0v) is 21.3. The highest BCUT2D eigenvalue weighted by atomic mass is 16.6. The van der Waals surface area contributed by atoms with E-state index in [0.717, 1.165) is 64.0 Å². The number of hydrogen-bond donors (Lipinski definition) is 6. The van der Waals surface area contributed by atoms with Crippen molar-refractivity contribution in [3.8, 4) is 0 Å². The lowest BCUT2D eigenvalue weighted by Crippen LogP contribution is -2.45. The van der Waals surface area contributed by atoms with Gasteiger partial charge in [-0.15, -0.1) is 0 Å². The molecule has 1 aromatic heterocycles. The summed E-state index contributed by atoms with van der Waals surface area (Å²) in [5, 5.41) is 14.7. The Balaban J connectivity index is 1.69. The lowest BCUT2D eigenvalue weighted by atomic mass is 10.0. The molecule has 7 N–H and O–H groups in total. The van der Waals surface area contributed by atoms with E-state index < -0.39 is 5.60 Å². The fraction of sp³-hybridized carbons (Fsp3) is 0.654. The van der Waals surface area contributed by atoms with Crippen LogP contribution in [0.4, 0.5) is 4.79 Å². The summed E-state index contributed by atoms with van der Waals surface area (Å²) >= 11 is 0. The quantitative estimate of drug-likeness (QED) is 0.196. The number of ether oxygens (including phenoxy) is 1. The van der Waals surface area contributed by atoms with Gasteiger partial charge in [0.25, 0.3) is 0 Å². The normalized spacial score (nSPS) is 12.7. The zero-order chi connectivity index (χ0) is 24.7. The summed E-state index contributed by atoms with van der Waals surface area (Å²) in [6, 6.07) is 8.18. The molecule has 0 radical (unpaired) electrons. The molecule has 192 valence electrons. The monoisotopic (exact) mass is 474 g/mol. The minimum atomic E-state index is -0.519. The molecule has 8 nitrogen and oxygen atoms in total. The van der Waals surface area contributed by atoms with Crippen LogP contribution in [0.5, 0.6) is 0 Å². The minimum Gasteiger partial charge on any atom is -0.444 e. The maximum Gasteiger partial charge on any atom is 0.407 e. The molecule has 1 heterocycles. The maximum atomic E-state index is 12.4. The standard InChI is InChI=1S/C26H46N6O2/c1-26(2,3)34-25(33)32-22(18-21-19-31-24-11-5-4-10-23(21)24)20-30-17-9-16-29-14-7-6-13-28-15-8-12-27/h4-5,10-11,19,22,28-31H,6-9,12-18,20,27H2,1-3H3,(H,32,33)/t22-/m1/s1. The lowest BCUT2D eigenvalue weighted by Gasteiger charge is -2.24. The summed E-state index contributed by atoms with van der Waals surface area (Å²) in [6.07, 6.45) is 6.83. The molecule has 1 atom stereocenters. The van der Waals surface area contributed by atoms with Gasteiger partial charge in [-0.05, 0) is 104 Å². The Morgan fingerprint density at radius 3 is 2.32 bits per heavy atom. The molecule has 1 amide bonds. The predicted molar refractivity (Wildman–Crippen MR) is 141 cm³/mol. The Hall–Kier alpha value is -2.13. The molecule has 0 saturated heterocycles. The molecule has 0 saturated carbocycles. The number of para-hydroxylation sites is 1. The molecule has 0 spiro atoms. The number of unbranched alkanes of at least 4 members (excludes halogenated alkanes) is 1. The first kappa shape index (κ1) is 28.1. The number of nitrogens with two attached hydrogens (primary N) is 1. The van der Waals surface area contributed by atoms with Crippen molar-refractivity contribution in [3.63, 3.8) is 0 Å². The first-order valence-electron chi connectivity index (χ1n) is 12.8. The Morgan fingerprint density at radius 2 is 1.62 bits per heavy atom. The molecular formula is C26H46N6O2. The third kappa shape index (κ3) is 11.8. The van der Waals surface area contributed by atoms with Gasteiger partial charge < -0.3 is 36.7 Å². The van der Waals surface area contributed by atoms with Crippen LogP contribution in [0.1, 0.15) is 52.0 Å². The second-order valence-corrected chi connectivity index (χ2v) is 9.81. The molecule has 8 heteroatoms. The summed E-state index contributed by atoms with van der Waals surface area (Å²) in [5.74, 6) is 0. The number of amides is 1. The summed E-state index contributed by atoms with van der Waals surface area (Å²) in [5.41, 5.74) is 7.27. The van der Waals surface area contributed by atoms with E-state index in [2.05, 4.69) is 38.4 Å². The number of H-pyrrole nitrogens is 1. The van der Waals surface area contributed by atoms with Crippen molar-refractivity contribution < 1.29 is 9.53 Å². The summed E-state index contributed by atoms with van der Waals surface area (Å²) < 4.78 is 5.49. The van der Waals surface area contributed by atoms with Gasteiger partial charge in [-0.25, -0.2) is 4.79 Å². The van der Waals surface area contributed by atoms with E-state index in [1.807, 2.05) is 39.1 Å². The third-order valence-electron chi connectivity index (χ3n) is 5.47. The minimum absolute atomic E-state index is 0.0613. The van der Waals surface area contributed by atoms with Crippen LogP contribution >= 0.6 is 0 Å². The number of nitrogens with one attached hydrogen (secondary N) is 5. The number of carbonyl (C=O) groups excluding carboxylic acids is 1. The number of alkyl carbamates (subject to hydrolysis) is 1. The van der Waals surface area contributed by atoms with Gasteiger partial charge in [0.15, 0.2) is 0 Å². The van der Waals surface area contributed by atoms with Crippen molar-refractivity contribution in [2.24, 2.45) is 5.73 Å². The SMILES string of the molecule is CC(C)(C)OC(=O)N[C@@H](CNCCCNCCCCNCCCN)Cc1c[nH]c2ccccc12. The van der Waals surface area contributed by atoms with Crippen LogP contribution in [0.15, 0.2) is 30.5 Å². The van der Waals surface area contributed by atoms with Crippen molar-refractivity contribution in [2.75, 3.05) is 45.8 Å². The van der Waals surface area contributed by atoms with Gasteiger partial charge in [0.05, 0.1) is 0 Å². The number of fused-ring (bicyclic) bond motifs is 1. The topological polar surface area (TPSA) is 116 Å². The van der Waals surface area contributed by atoms with Crippen LogP contribution in [-0.2, 0) is 11.2 Å². The first-order chi connectivity index (χ1) is 16.4. The first-order valence-corrected chi connectivity index (χ1v) is 12.8. The molecule has 0 unspecified atom stereocenters. The molecule has 1 aromatic carbocycles. The van der Waals surface area contributed by atoms with Gasteiger partial charge in [0.1, 0.15) is 5.60 Å². The van der Waals surface area contributed by atoms with Crippen LogP contribution in [0.25, 0.3) is 10.9 Å². The van der Waals surface area contributed by atoms with Crippen LogP contribution < -0.4 is 27.0 Å².